The second-order valence-electron chi connectivity index (χ2n) is 4.45. The van der Waals surface area contributed by atoms with E-state index in [1.807, 2.05) is 6.07 Å². The third-order valence-electron chi connectivity index (χ3n) is 2.99. The smallest absolute Gasteiger partial charge is 0.0253 e. The largest absolute Gasteiger partial charge is 0.271 e. The summed E-state index contributed by atoms with van der Waals surface area (Å²) in [4.78, 5) is 0. The van der Waals surface area contributed by atoms with Crippen LogP contribution in [0, 0.1) is 5.92 Å². The number of benzene rings is 1. The van der Waals surface area contributed by atoms with Gasteiger partial charge in [0.25, 0.3) is 0 Å². The number of hydrazine groups is 1. The molecular formula is C13H21BrN2. The van der Waals surface area contributed by atoms with E-state index in [9.17, 15) is 0 Å². The van der Waals surface area contributed by atoms with Crippen LogP contribution in [0.1, 0.15) is 32.3 Å². The molecular weight excluding hydrogens is 264 g/mol. The normalized spacial score (nSPS) is 14.8. The van der Waals surface area contributed by atoms with E-state index in [0.717, 1.165) is 17.3 Å². The standard InChI is InChI=1S/C13H21BrN2/c1-3-10(2)7-13(16-15)9-11-5-4-6-12(14)8-11/h4-6,8,10,13,16H,3,7,9,15H2,1-2H3. The number of rotatable bonds is 6. The first-order valence-corrected chi connectivity index (χ1v) is 6.65. The van der Waals surface area contributed by atoms with Gasteiger partial charge in [0.2, 0.25) is 0 Å². The van der Waals surface area contributed by atoms with E-state index in [2.05, 4.69) is 53.4 Å². The SMILES string of the molecule is CCC(C)CC(Cc1cccc(Br)c1)NN. The van der Waals surface area contributed by atoms with Crippen molar-refractivity contribution in [2.75, 3.05) is 0 Å². The van der Waals surface area contributed by atoms with Crippen LogP contribution >= 0.6 is 15.9 Å². The van der Waals surface area contributed by atoms with Gasteiger partial charge in [-0.15, -0.1) is 0 Å². The van der Waals surface area contributed by atoms with Crippen LogP contribution in [-0.4, -0.2) is 6.04 Å². The summed E-state index contributed by atoms with van der Waals surface area (Å²) in [6.45, 7) is 4.49. The van der Waals surface area contributed by atoms with E-state index in [0.29, 0.717) is 12.0 Å². The Morgan fingerprint density at radius 2 is 2.19 bits per heavy atom. The highest BCUT2D eigenvalue weighted by Gasteiger charge is 2.11. The summed E-state index contributed by atoms with van der Waals surface area (Å²) in [6, 6.07) is 8.77. The van der Waals surface area contributed by atoms with Crippen LogP contribution in [0.15, 0.2) is 28.7 Å². The third kappa shape index (κ3) is 4.64. The molecule has 0 fully saturated rings. The van der Waals surface area contributed by atoms with Gasteiger partial charge in [-0.25, -0.2) is 0 Å². The van der Waals surface area contributed by atoms with Gasteiger partial charge in [0, 0.05) is 10.5 Å². The first-order valence-electron chi connectivity index (χ1n) is 5.86. The Balaban J connectivity index is 2.56. The van der Waals surface area contributed by atoms with Crippen molar-refractivity contribution < 1.29 is 0 Å². The van der Waals surface area contributed by atoms with Crippen LogP contribution in [0.3, 0.4) is 0 Å². The van der Waals surface area contributed by atoms with E-state index in [1.54, 1.807) is 0 Å². The second kappa shape index (κ2) is 7.05. The van der Waals surface area contributed by atoms with Gasteiger partial charge < -0.3 is 0 Å². The molecule has 90 valence electrons. The van der Waals surface area contributed by atoms with E-state index < -0.39 is 0 Å². The second-order valence-corrected chi connectivity index (χ2v) is 5.36. The van der Waals surface area contributed by atoms with E-state index in [1.165, 1.54) is 12.0 Å². The predicted octanol–water partition coefficient (Wildman–Crippen LogP) is 3.26. The molecule has 0 saturated carbocycles. The molecule has 0 aromatic heterocycles. The number of hydrogen-bond acceptors (Lipinski definition) is 2. The molecule has 16 heavy (non-hydrogen) atoms. The molecule has 0 radical (unpaired) electrons. The third-order valence-corrected chi connectivity index (χ3v) is 3.48. The molecule has 2 unspecified atom stereocenters. The van der Waals surface area contributed by atoms with Crippen molar-refractivity contribution in [2.45, 2.75) is 39.2 Å². The highest BCUT2D eigenvalue weighted by molar-refractivity contribution is 9.10. The molecule has 1 aromatic rings. The maximum Gasteiger partial charge on any atom is 0.0253 e. The Kier molecular flexibility index (Phi) is 6.03. The molecule has 1 rings (SSSR count). The molecule has 1 aromatic carbocycles. The molecule has 0 aliphatic rings. The van der Waals surface area contributed by atoms with Crippen molar-refractivity contribution in [3.63, 3.8) is 0 Å². The van der Waals surface area contributed by atoms with Crippen LogP contribution in [0.5, 0.6) is 0 Å². The Labute approximate surface area is 107 Å². The summed E-state index contributed by atoms with van der Waals surface area (Å²) >= 11 is 3.49. The quantitative estimate of drug-likeness (QED) is 0.622. The fourth-order valence-corrected chi connectivity index (χ4v) is 2.26. The van der Waals surface area contributed by atoms with Crippen LogP contribution in [0.2, 0.25) is 0 Å². The van der Waals surface area contributed by atoms with Crippen molar-refractivity contribution in [3.8, 4) is 0 Å². The average molecular weight is 285 g/mol. The van der Waals surface area contributed by atoms with E-state index >= 15 is 0 Å². The molecule has 0 saturated heterocycles. The van der Waals surface area contributed by atoms with Crippen molar-refractivity contribution in [1.82, 2.24) is 5.43 Å². The molecule has 0 heterocycles. The summed E-state index contributed by atoms with van der Waals surface area (Å²) in [7, 11) is 0. The van der Waals surface area contributed by atoms with Gasteiger partial charge in [-0.1, -0.05) is 48.3 Å². The molecule has 0 aliphatic heterocycles. The lowest BCUT2D eigenvalue weighted by Gasteiger charge is -2.19. The molecule has 0 spiro atoms. The van der Waals surface area contributed by atoms with Gasteiger partial charge in [-0.05, 0) is 36.5 Å². The lowest BCUT2D eigenvalue weighted by atomic mass is 9.95. The van der Waals surface area contributed by atoms with E-state index in [-0.39, 0.29) is 0 Å². The minimum absolute atomic E-state index is 0.365. The molecule has 0 bridgehead atoms. The lowest BCUT2D eigenvalue weighted by molar-refractivity contribution is 0.396. The summed E-state index contributed by atoms with van der Waals surface area (Å²) in [6.07, 6.45) is 3.32. The van der Waals surface area contributed by atoms with Crippen LogP contribution < -0.4 is 11.3 Å². The fraction of sp³-hybridized carbons (Fsp3) is 0.538. The summed E-state index contributed by atoms with van der Waals surface area (Å²) in [5.41, 5.74) is 4.24. The highest BCUT2D eigenvalue weighted by atomic mass is 79.9. The van der Waals surface area contributed by atoms with Gasteiger partial charge in [0.05, 0.1) is 0 Å². The Morgan fingerprint density at radius 1 is 1.44 bits per heavy atom. The Morgan fingerprint density at radius 3 is 2.75 bits per heavy atom. The zero-order valence-corrected chi connectivity index (χ0v) is 11.6. The maximum atomic E-state index is 5.60. The molecule has 3 heteroatoms. The summed E-state index contributed by atoms with van der Waals surface area (Å²) < 4.78 is 1.13. The summed E-state index contributed by atoms with van der Waals surface area (Å²) in [5, 5.41) is 0. The predicted molar refractivity (Wildman–Crippen MR) is 73.0 cm³/mol. The summed E-state index contributed by atoms with van der Waals surface area (Å²) in [5.74, 6) is 6.32. The van der Waals surface area contributed by atoms with Gasteiger partial charge >= 0.3 is 0 Å². The minimum Gasteiger partial charge on any atom is -0.271 e. The van der Waals surface area contributed by atoms with Crippen LogP contribution in [-0.2, 0) is 6.42 Å². The van der Waals surface area contributed by atoms with Gasteiger partial charge in [0.15, 0.2) is 0 Å². The van der Waals surface area contributed by atoms with Gasteiger partial charge in [-0.3, -0.25) is 11.3 Å². The van der Waals surface area contributed by atoms with Crippen molar-refractivity contribution >= 4 is 15.9 Å². The zero-order valence-electron chi connectivity index (χ0n) is 10.0. The Hall–Kier alpha value is -0.380. The van der Waals surface area contributed by atoms with Gasteiger partial charge in [0.1, 0.15) is 0 Å². The molecule has 0 amide bonds. The number of hydrogen-bond donors (Lipinski definition) is 2. The van der Waals surface area contributed by atoms with Crippen molar-refractivity contribution in [3.05, 3.63) is 34.3 Å². The first-order chi connectivity index (χ1) is 7.65. The number of nitrogens with one attached hydrogen (secondary N) is 1. The zero-order chi connectivity index (χ0) is 12.0. The fourth-order valence-electron chi connectivity index (χ4n) is 1.81. The van der Waals surface area contributed by atoms with Crippen LogP contribution in [0.25, 0.3) is 0 Å². The Bertz CT molecular complexity index is 315. The highest BCUT2D eigenvalue weighted by Crippen LogP contribution is 2.16. The molecule has 2 atom stereocenters. The van der Waals surface area contributed by atoms with Crippen molar-refractivity contribution in [1.29, 1.82) is 0 Å². The van der Waals surface area contributed by atoms with Crippen LogP contribution in [0.4, 0.5) is 0 Å². The number of nitrogens with two attached hydrogens (primary N) is 1. The topological polar surface area (TPSA) is 38.0 Å². The van der Waals surface area contributed by atoms with E-state index in [4.69, 9.17) is 5.84 Å². The first kappa shape index (κ1) is 13.7. The monoisotopic (exact) mass is 284 g/mol. The number of halogens is 1. The minimum atomic E-state index is 0.365. The van der Waals surface area contributed by atoms with Gasteiger partial charge in [-0.2, -0.15) is 0 Å². The molecule has 0 aliphatic carbocycles. The van der Waals surface area contributed by atoms with Crippen molar-refractivity contribution in [2.24, 2.45) is 11.8 Å². The maximum absolute atomic E-state index is 5.60. The molecule has 3 N–H and O–H groups in total. The molecule has 2 nitrogen and oxygen atoms in total. The average Bonchev–Trinajstić information content (AvgIpc) is 2.28. The lowest BCUT2D eigenvalue weighted by Crippen LogP contribution is -2.37.